The fraction of sp³-hybridized carbons (Fsp3) is 0.938. The summed E-state index contributed by atoms with van der Waals surface area (Å²) in [7, 11) is 1.42. The van der Waals surface area contributed by atoms with E-state index in [1.165, 1.54) is 39.2 Å². The van der Waals surface area contributed by atoms with Gasteiger partial charge in [-0.05, 0) is 31.2 Å². The number of hydrogen-bond donors (Lipinski definition) is 1. The Morgan fingerprint density at radius 3 is 2.90 bits per heavy atom. The molecular weight excluding hydrogens is 268 g/mol. The van der Waals surface area contributed by atoms with Crippen molar-refractivity contribution in [2.45, 2.75) is 51.2 Å². The number of carbonyl (C=O) groups excluding carboxylic acids is 1. The smallest absolute Gasteiger partial charge is 0.336 e. The van der Waals surface area contributed by atoms with Crippen LogP contribution in [0.25, 0.3) is 0 Å². The van der Waals surface area contributed by atoms with Gasteiger partial charge in [0.25, 0.3) is 0 Å². The summed E-state index contributed by atoms with van der Waals surface area (Å²) in [6, 6.07) is 0.497. The molecule has 0 radical (unpaired) electrons. The van der Waals surface area contributed by atoms with Crippen LogP contribution in [0.1, 0.15) is 39.0 Å². The highest BCUT2D eigenvalue weighted by Gasteiger charge is 2.37. The third-order valence-electron chi connectivity index (χ3n) is 5.10. The predicted octanol–water partition coefficient (Wildman–Crippen LogP) is 1.40. The fourth-order valence-corrected chi connectivity index (χ4v) is 3.93. The number of carbonyl (C=O) groups is 1. The number of ether oxygens (including phenoxy) is 2. The Bertz CT molecular complexity index is 337. The number of esters is 1. The Labute approximate surface area is 128 Å². The van der Waals surface area contributed by atoms with Crippen LogP contribution in [-0.4, -0.2) is 56.4 Å². The zero-order chi connectivity index (χ0) is 15.2. The number of morpholine rings is 1. The molecule has 2 aliphatic rings. The van der Waals surface area contributed by atoms with E-state index >= 15 is 0 Å². The lowest BCUT2D eigenvalue weighted by Gasteiger charge is -2.45. The lowest BCUT2D eigenvalue weighted by molar-refractivity contribution is -0.162. The van der Waals surface area contributed by atoms with E-state index in [1.54, 1.807) is 0 Å². The zero-order valence-corrected chi connectivity index (χ0v) is 13.4. The van der Waals surface area contributed by atoms with Crippen LogP contribution in [0, 0.1) is 11.8 Å². The Morgan fingerprint density at radius 1 is 1.43 bits per heavy atom. The average molecular weight is 298 g/mol. The van der Waals surface area contributed by atoms with Crippen LogP contribution in [0.2, 0.25) is 0 Å². The Morgan fingerprint density at radius 2 is 2.24 bits per heavy atom. The summed E-state index contributed by atoms with van der Waals surface area (Å²) in [5, 5.41) is 0. The summed E-state index contributed by atoms with van der Waals surface area (Å²) >= 11 is 0. The van der Waals surface area contributed by atoms with E-state index in [-0.39, 0.29) is 5.97 Å². The number of rotatable bonds is 5. The van der Waals surface area contributed by atoms with Crippen molar-refractivity contribution in [1.82, 2.24) is 4.90 Å². The molecule has 2 rings (SSSR count). The first-order valence-corrected chi connectivity index (χ1v) is 8.33. The average Bonchev–Trinajstić information content (AvgIpc) is 2.54. The van der Waals surface area contributed by atoms with Crippen molar-refractivity contribution in [2.75, 3.05) is 33.4 Å². The van der Waals surface area contributed by atoms with E-state index in [1.807, 2.05) is 0 Å². The van der Waals surface area contributed by atoms with Crippen molar-refractivity contribution < 1.29 is 14.3 Å². The summed E-state index contributed by atoms with van der Waals surface area (Å²) in [4.78, 5) is 14.1. The molecule has 1 aliphatic carbocycles. The molecule has 0 aromatic rings. The highest BCUT2D eigenvalue weighted by molar-refractivity contribution is 5.74. The van der Waals surface area contributed by atoms with Crippen LogP contribution in [0.5, 0.6) is 0 Å². The minimum absolute atomic E-state index is 0.259. The highest BCUT2D eigenvalue weighted by atomic mass is 16.6. The van der Waals surface area contributed by atoms with E-state index < -0.39 is 6.10 Å². The minimum atomic E-state index is -0.436. The van der Waals surface area contributed by atoms with Gasteiger partial charge in [-0.2, -0.15) is 0 Å². The molecule has 0 aromatic carbocycles. The quantitative estimate of drug-likeness (QED) is 0.777. The first kappa shape index (κ1) is 16.7. The molecular formula is C16H30N2O3. The second-order valence-corrected chi connectivity index (χ2v) is 6.41. The normalized spacial score (nSPS) is 34.6. The van der Waals surface area contributed by atoms with Gasteiger partial charge in [0.05, 0.1) is 13.7 Å². The molecule has 0 spiro atoms. The first-order valence-electron chi connectivity index (χ1n) is 8.33. The maximum Gasteiger partial charge on any atom is 0.336 e. The van der Waals surface area contributed by atoms with Crippen LogP contribution >= 0.6 is 0 Å². The summed E-state index contributed by atoms with van der Waals surface area (Å²) in [5.41, 5.74) is 5.99. The molecule has 0 aromatic heterocycles. The molecule has 2 N–H and O–H groups in total. The summed E-state index contributed by atoms with van der Waals surface area (Å²) in [6.45, 7) is 5.14. The summed E-state index contributed by atoms with van der Waals surface area (Å²) < 4.78 is 10.4. The van der Waals surface area contributed by atoms with Crippen molar-refractivity contribution in [3.63, 3.8) is 0 Å². The molecule has 1 saturated carbocycles. The van der Waals surface area contributed by atoms with E-state index in [9.17, 15) is 4.79 Å². The molecule has 1 heterocycles. The molecule has 4 unspecified atom stereocenters. The fourth-order valence-electron chi connectivity index (χ4n) is 3.93. The first-order chi connectivity index (χ1) is 10.2. The largest absolute Gasteiger partial charge is 0.467 e. The Kier molecular flexibility index (Phi) is 6.45. The number of methoxy groups -OCH3 is 1. The van der Waals surface area contributed by atoms with E-state index in [0.717, 1.165) is 19.0 Å². The number of nitrogens with two attached hydrogens (primary N) is 1. The number of hydrogen-bond acceptors (Lipinski definition) is 5. The third kappa shape index (κ3) is 4.18. The molecule has 1 saturated heterocycles. The third-order valence-corrected chi connectivity index (χ3v) is 5.10. The van der Waals surface area contributed by atoms with Gasteiger partial charge in [0, 0.05) is 19.1 Å². The summed E-state index contributed by atoms with van der Waals surface area (Å²) in [5.74, 6) is 1.10. The topological polar surface area (TPSA) is 64.8 Å². The van der Waals surface area contributed by atoms with Crippen LogP contribution in [-0.2, 0) is 14.3 Å². The number of nitrogens with zero attached hydrogens (tertiary/aromatic N) is 1. The van der Waals surface area contributed by atoms with Gasteiger partial charge in [-0.1, -0.05) is 26.2 Å². The van der Waals surface area contributed by atoms with Gasteiger partial charge < -0.3 is 15.2 Å². The Hall–Kier alpha value is -0.650. The van der Waals surface area contributed by atoms with Crippen molar-refractivity contribution in [3.8, 4) is 0 Å². The lowest BCUT2D eigenvalue weighted by atomic mass is 9.75. The van der Waals surface area contributed by atoms with Crippen molar-refractivity contribution >= 4 is 5.97 Å². The molecule has 21 heavy (non-hydrogen) atoms. The van der Waals surface area contributed by atoms with Gasteiger partial charge >= 0.3 is 5.97 Å². The second-order valence-electron chi connectivity index (χ2n) is 6.41. The van der Waals surface area contributed by atoms with Gasteiger partial charge in [0.2, 0.25) is 0 Å². The highest BCUT2D eigenvalue weighted by Crippen LogP contribution is 2.35. The molecule has 5 nitrogen and oxygen atoms in total. The molecule has 1 aliphatic heterocycles. The molecule has 0 bridgehead atoms. The second kappa shape index (κ2) is 8.11. The molecule has 122 valence electrons. The maximum absolute atomic E-state index is 11.7. The zero-order valence-electron chi connectivity index (χ0n) is 13.4. The standard InChI is InChI=1S/C16H30N2O3/c1-3-4-12-5-6-13(10-17)14(9-12)18-7-8-21-15(11-18)16(19)20-2/h12-15H,3-11,17H2,1-2H3. The van der Waals surface area contributed by atoms with Gasteiger partial charge in [-0.25, -0.2) is 4.79 Å². The molecule has 0 amide bonds. The Balaban J connectivity index is 2.00. The van der Waals surface area contributed by atoms with E-state index in [2.05, 4.69) is 11.8 Å². The van der Waals surface area contributed by atoms with Gasteiger partial charge in [-0.3, -0.25) is 4.90 Å². The van der Waals surface area contributed by atoms with E-state index in [4.69, 9.17) is 15.2 Å². The SMILES string of the molecule is CCCC1CCC(CN)C(N2CCOC(C(=O)OC)C2)C1. The monoisotopic (exact) mass is 298 g/mol. The van der Waals surface area contributed by atoms with Crippen LogP contribution in [0.15, 0.2) is 0 Å². The molecule has 4 atom stereocenters. The van der Waals surface area contributed by atoms with Gasteiger partial charge in [0.1, 0.15) is 0 Å². The maximum atomic E-state index is 11.7. The van der Waals surface area contributed by atoms with Crippen molar-refractivity contribution in [2.24, 2.45) is 17.6 Å². The molecule has 5 heteroatoms. The minimum Gasteiger partial charge on any atom is -0.467 e. The molecule has 2 fully saturated rings. The lowest BCUT2D eigenvalue weighted by Crippen LogP contribution is -2.55. The van der Waals surface area contributed by atoms with E-state index in [0.29, 0.717) is 25.1 Å². The van der Waals surface area contributed by atoms with Crippen LogP contribution in [0.3, 0.4) is 0 Å². The van der Waals surface area contributed by atoms with Crippen LogP contribution < -0.4 is 5.73 Å². The van der Waals surface area contributed by atoms with Crippen molar-refractivity contribution in [1.29, 1.82) is 0 Å². The van der Waals surface area contributed by atoms with Gasteiger partial charge in [-0.15, -0.1) is 0 Å². The van der Waals surface area contributed by atoms with Crippen LogP contribution in [0.4, 0.5) is 0 Å². The van der Waals surface area contributed by atoms with Gasteiger partial charge in [0.15, 0.2) is 6.10 Å². The van der Waals surface area contributed by atoms with Crippen molar-refractivity contribution in [3.05, 3.63) is 0 Å². The predicted molar refractivity (Wildman–Crippen MR) is 81.9 cm³/mol. The summed E-state index contributed by atoms with van der Waals surface area (Å²) in [6.07, 6.45) is 5.85.